The van der Waals surface area contributed by atoms with Crippen LogP contribution >= 0.6 is 0 Å². The summed E-state index contributed by atoms with van der Waals surface area (Å²) in [4.78, 5) is 2.84. The van der Waals surface area contributed by atoms with Gasteiger partial charge in [0.05, 0.1) is 31.0 Å². The fraction of sp³-hybridized carbons (Fsp3) is 0.625. The minimum Gasteiger partial charge on any atom is -0.488 e. The topological polar surface area (TPSA) is 112 Å². The van der Waals surface area contributed by atoms with Crippen LogP contribution in [0.25, 0.3) is 21.6 Å². The van der Waals surface area contributed by atoms with Crippen molar-refractivity contribution in [2.24, 2.45) is 10.8 Å². The third kappa shape index (κ3) is 11.0. The third-order valence-corrected chi connectivity index (χ3v) is 6.81. The van der Waals surface area contributed by atoms with Crippen LogP contribution in [0.3, 0.4) is 0 Å². The molecule has 0 aliphatic rings. The van der Waals surface area contributed by atoms with Gasteiger partial charge in [-0.2, -0.15) is 0 Å². The fourth-order valence-electron chi connectivity index (χ4n) is 4.07. The molecule has 2 aromatic rings. The van der Waals surface area contributed by atoms with E-state index in [4.69, 9.17) is 30.2 Å². The maximum atomic E-state index is 8.62. The van der Waals surface area contributed by atoms with E-state index in [0.29, 0.717) is 26.2 Å². The molecule has 0 heterocycles. The minimum absolute atomic E-state index is 0.278. The Morgan fingerprint density at radius 3 is 1.95 bits per heavy atom. The summed E-state index contributed by atoms with van der Waals surface area (Å²) in [5, 5.41) is 3.65. The van der Waals surface area contributed by atoms with Crippen molar-refractivity contribution in [1.29, 1.82) is 0 Å². The van der Waals surface area contributed by atoms with E-state index in [2.05, 4.69) is 75.8 Å². The lowest BCUT2D eigenvalue weighted by Gasteiger charge is -2.31. The van der Waals surface area contributed by atoms with E-state index in [1.54, 1.807) is 0 Å². The Morgan fingerprint density at radius 2 is 1.35 bits per heavy atom. The molecule has 0 unspecified atom stereocenters. The lowest BCUT2D eigenvalue weighted by molar-refractivity contribution is -0.0352. The average Bonchev–Trinajstić information content (AvgIpc) is 2.84. The summed E-state index contributed by atoms with van der Waals surface area (Å²) in [5.74, 6) is 1.60. The molecule has 0 aliphatic heterocycles. The van der Waals surface area contributed by atoms with Gasteiger partial charge in [-0.25, -0.2) is 0 Å². The standard InChI is InChI=1S/C32H50N4O4/c1-23-11-14-28(40-30(5,6)16-18-38-32(9,10)22-35-36-34)27(19-23)26-20-25(13-12-24(26)2)39-29(3,4)15-17-37-31(7,8)21-33/h11-14,19-20H,15-18,21-22,33H2,1-10H3. The molecule has 2 N–H and O–H groups in total. The van der Waals surface area contributed by atoms with E-state index < -0.39 is 16.8 Å². The van der Waals surface area contributed by atoms with Gasteiger partial charge >= 0.3 is 0 Å². The van der Waals surface area contributed by atoms with Gasteiger partial charge in [0.25, 0.3) is 0 Å². The van der Waals surface area contributed by atoms with Crippen molar-refractivity contribution in [2.75, 3.05) is 26.3 Å². The van der Waals surface area contributed by atoms with E-state index in [1.807, 2.05) is 39.8 Å². The van der Waals surface area contributed by atoms with Crippen molar-refractivity contribution >= 4 is 0 Å². The highest BCUT2D eigenvalue weighted by atomic mass is 16.5. The zero-order valence-corrected chi connectivity index (χ0v) is 26.3. The molecular weight excluding hydrogens is 504 g/mol. The molecule has 0 spiro atoms. The van der Waals surface area contributed by atoms with Crippen molar-refractivity contribution in [1.82, 2.24) is 0 Å². The molecule has 0 fully saturated rings. The number of rotatable bonds is 16. The van der Waals surface area contributed by atoms with Crippen LogP contribution in [0.5, 0.6) is 11.5 Å². The molecule has 0 radical (unpaired) electrons. The summed E-state index contributed by atoms with van der Waals surface area (Å²) in [7, 11) is 0. The summed E-state index contributed by atoms with van der Waals surface area (Å²) in [6.07, 6.45) is 1.40. The predicted octanol–water partition coefficient (Wildman–Crippen LogP) is 7.92. The SMILES string of the molecule is Cc1ccc(OC(C)(C)CCOC(C)(C)CN=[N+]=[N-])c(-c2cc(OC(C)(C)CCOC(C)(C)CN)ccc2C)c1. The van der Waals surface area contributed by atoms with Gasteiger partial charge in [0.15, 0.2) is 0 Å². The number of benzene rings is 2. The second-order valence-corrected chi connectivity index (χ2v) is 13.0. The monoisotopic (exact) mass is 554 g/mol. The van der Waals surface area contributed by atoms with Crippen molar-refractivity contribution in [2.45, 2.75) is 104 Å². The zero-order chi connectivity index (χ0) is 30.2. The van der Waals surface area contributed by atoms with Gasteiger partial charge in [0.1, 0.15) is 22.7 Å². The first-order chi connectivity index (χ1) is 18.5. The summed E-state index contributed by atoms with van der Waals surface area (Å²) in [6, 6.07) is 12.5. The fourth-order valence-corrected chi connectivity index (χ4v) is 4.07. The Labute approximate surface area is 241 Å². The van der Waals surface area contributed by atoms with Crippen LogP contribution in [0.1, 0.15) is 79.4 Å². The summed E-state index contributed by atoms with van der Waals surface area (Å²) < 4.78 is 25.0. The van der Waals surface area contributed by atoms with Crippen molar-refractivity contribution in [3.05, 3.63) is 58.0 Å². The van der Waals surface area contributed by atoms with Gasteiger partial charge in [0.2, 0.25) is 0 Å². The molecule has 2 aromatic carbocycles. The Morgan fingerprint density at radius 1 is 0.750 bits per heavy atom. The lowest BCUT2D eigenvalue weighted by atomic mass is 9.96. The number of azide groups is 1. The van der Waals surface area contributed by atoms with Gasteiger partial charge in [-0.3, -0.25) is 0 Å². The highest BCUT2D eigenvalue weighted by Gasteiger charge is 2.26. The summed E-state index contributed by atoms with van der Waals surface area (Å²) >= 11 is 0. The molecule has 40 heavy (non-hydrogen) atoms. The van der Waals surface area contributed by atoms with Crippen LogP contribution in [-0.4, -0.2) is 48.7 Å². The molecule has 0 amide bonds. The van der Waals surface area contributed by atoms with Crippen LogP contribution in [0.2, 0.25) is 0 Å². The Kier molecular flexibility index (Phi) is 11.5. The predicted molar refractivity (Wildman–Crippen MR) is 163 cm³/mol. The van der Waals surface area contributed by atoms with Crippen LogP contribution in [-0.2, 0) is 9.47 Å². The van der Waals surface area contributed by atoms with E-state index in [1.165, 1.54) is 0 Å². The molecule has 0 saturated heterocycles. The van der Waals surface area contributed by atoms with Crippen LogP contribution in [0.15, 0.2) is 41.5 Å². The second kappa shape index (κ2) is 13.7. The number of ether oxygens (including phenoxy) is 4. The first-order valence-corrected chi connectivity index (χ1v) is 14.1. The molecule has 8 heteroatoms. The lowest BCUT2D eigenvalue weighted by Crippen LogP contribution is -2.37. The maximum Gasteiger partial charge on any atom is 0.127 e. The Balaban J connectivity index is 2.22. The van der Waals surface area contributed by atoms with Gasteiger partial charge in [-0.1, -0.05) is 22.8 Å². The summed E-state index contributed by atoms with van der Waals surface area (Å²) in [6.45, 7) is 22.1. The summed E-state index contributed by atoms with van der Waals surface area (Å²) in [5.41, 5.74) is 17.0. The van der Waals surface area contributed by atoms with Gasteiger partial charge < -0.3 is 24.7 Å². The quantitative estimate of drug-likeness (QED) is 0.129. The van der Waals surface area contributed by atoms with E-state index in [-0.39, 0.29) is 12.1 Å². The molecule has 8 nitrogen and oxygen atoms in total. The molecule has 0 atom stereocenters. The van der Waals surface area contributed by atoms with Crippen molar-refractivity contribution in [3.63, 3.8) is 0 Å². The number of aryl methyl sites for hydroxylation is 2. The minimum atomic E-state index is -0.532. The van der Waals surface area contributed by atoms with Crippen LogP contribution in [0.4, 0.5) is 0 Å². The van der Waals surface area contributed by atoms with Crippen LogP contribution in [0, 0.1) is 13.8 Å². The van der Waals surface area contributed by atoms with Crippen molar-refractivity contribution < 1.29 is 18.9 Å². The van der Waals surface area contributed by atoms with Crippen molar-refractivity contribution in [3.8, 4) is 22.6 Å². The average molecular weight is 555 g/mol. The molecule has 0 bridgehead atoms. The molecule has 0 saturated carbocycles. The van der Waals surface area contributed by atoms with E-state index >= 15 is 0 Å². The largest absolute Gasteiger partial charge is 0.488 e. The Bertz CT molecular complexity index is 1170. The van der Waals surface area contributed by atoms with E-state index in [9.17, 15) is 0 Å². The molecular formula is C32H50N4O4. The zero-order valence-electron chi connectivity index (χ0n) is 26.3. The van der Waals surface area contributed by atoms with E-state index in [0.717, 1.165) is 40.2 Å². The smallest absolute Gasteiger partial charge is 0.127 e. The highest BCUT2D eigenvalue weighted by Crippen LogP contribution is 2.38. The third-order valence-electron chi connectivity index (χ3n) is 6.81. The van der Waals surface area contributed by atoms with Gasteiger partial charge in [-0.15, -0.1) is 0 Å². The Hall–Kier alpha value is -2.77. The first kappa shape index (κ1) is 33.4. The second-order valence-electron chi connectivity index (χ2n) is 13.0. The number of hydrogen-bond donors (Lipinski definition) is 1. The molecule has 222 valence electrons. The number of nitrogens with two attached hydrogens (primary N) is 1. The van der Waals surface area contributed by atoms with Gasteiger partial charge in [-0.05, 0) is 110 Å². The highest BCUT2D eigenvalue weighted by molar-refractivity contribution is 5.75. The molecule has 0 aliphatic carbocycles. The van der Waals surface area contributed by atoms with Crippen LogP contribution < -0.4 is 15.2 Å². The normalized spacial score (nSPS) is 12.7. The van der Waals surface area contributed by atoms with Gasteiger partial charge in [0, 0.05) is 29.9 Å². The number of nitrogens with zero attached hydrogens (tertiary/aromatic N) is 3. The molecule has 0 aromatic heterocycles. The number of hydrogen-bond acceptors (Lipinski definition) is 6. The first-order valence-electron chi connectivity index (χ1n) is 14.1. The molecule has 2 rings (SSSR count). The maximum absolute atomic E-state index is 8.62.